The topological polar surface area (TPSA) is 95.9 Å². The second-order valence-electron chi connectivity index (χ2n) is 18.0. The molecule has 0 radical (unpaired) electrons. The standard InChI is InChI=1S/C56H101NO5/c1-4-7-10-13-16-19-22-25-26-27-28-31-32-35-38-41-44-47-52(62-56(61)49-46-43-40-37-34-30-24-21-18-15-12-9-6-3)50-55(60)57-53(51-58)54(59)48-45-42-39-36-33-29-23-20-17-14-11-8-5-2/h9,12,15,18,21,24,30,34,37,40,52-54,58-59H,4-8,10-11,13-14,16-17,19-20,22-23,25-29,31-33,35-36,38-39,41-51H2,1-3H3,(H,57,60)/b12-9+,18-15+,24-21-,34-30-,40-37+. The molecule has 0 fully saturated rings. The van der Waals surface area contributed by atoms with Gasteiger partial charge in [0, 0.05) is 6.42 Å². The molecule has 1 amide bonds. The number of aliphatic hydroxyl groups excluding tert-OH is 2. The number of allylic oxidation sites excluding steroid dienone is 10. The average molecular weight is 868 g/mol. The molecule has 0 rings (SSSR count). The Hall–Kier alpha value is -2.44. The van der Waals surface area contributed by atoms with Crippen LogP contribution in [-0.4, -0.2) is 46.9 Å². The molecular weight excluding hydrogens is 767 g/mol. The van der Waals surface area contributed by atoms with Crippen LogP contribution in [-0.2, 0) is 14.3 Å². The van der Waals surface area contributed by atoms with Crippen LogP contribution in [0, 0.1) is 0 Å². The third-order valence-corrected chi connectivity index (χ3v) is 12.0. The van der Waals surface area contributed by atoms with Crippen LogP contribution in [0.15, 0.2) is 60.8 Å². The molecule has 0 aliphatic heterocycles. The predicted octanol–water partition coefficient (Wildman–Crippen LogP) is 16.0. The number of esters is 1. The number of hydrogen-bond acceptors (Lipinski definition) is 5. The zero-order valence-corrected chi connectivity index (χ0v) is 41.0. The molecule has 3 N–H and O–H groups in total. The van der Waals surface area contributed by atoms with E-state index in [2.05, 4.69) is 38.2 Å². The third-order valence-electron chi connectivity index (χ3n) is 12.0. The minimum Gasteiger partial charge on any atom is -0.462 e. The molecule has 6 heteroatoms. The quantitative estimate of drug-likeness (QED) is 0.0322. The average Bonchev–Trinajstić information content (AvgIpc) is 3.26. The van der Waals surface area contributed by atoms with E-state index in [-0.39, 0.29) is 24.9 Å². The fraction of sp³-hybridized carbons (Fsp3) is 0.786. The number of carbonyl (C=O) groups excluding carboxylic acids is 2. The van der Waals surface area contributed by atoms with Gasteiger partial charge in [0.1, 0.15) is 6.10 Å². The molecule has 3 unspecified atom stereocenters. The van der Waals surface area contributed by atoms with Gasteiger partial charge in [0.2, 0.25) is 5.91 Å². The Bertz CT molecular complexity index is 1110. The van der Waals surface area contributed by atoms with Gasteiger partial charge < -0.3 is 20.3 Å². The van der Waals surface area contributed by atoms with Crippen LogP contribution in [0.25, 0.3) is 0 Å². The molecule has 0 aromatic heterocycles. The summed E-state index contributed by atoms with van der Waals surface area (Å²) in [6, 6.07) is -0.716. The lowest BCUT2D eigenvalue weighted by Crippen LogP contribution is -2.46. The smallest absolute Gasteiger partial charge is 0.306 e. The lowest BCUT2D eigenvalue weighted by atomic mass is 10.0. The number of ether oxygens (including phenoxy) is 1. The van der Waals surface area contributed by atoms with Gasteiger partial charge in [0.25, 0.3) is 0 Å². The highest BCUT2D eigenvalue weighted by Crippen LogP contribution is 2.18. The normalized spacial score (nSPS) is 13.7. The molecule has 62 heavy (non-hydrogen) atoms. The van der Waals surface area contributed by atoms with Crippen LogP contribution in [0.4, 0.5) is 0 Å². The maximum atomic E-state index is 13.2. The lowest BCUT2D eigenvalue weighted by molar-refractivity contribution is -0.151. The summed E-state index contributed by atoms with van der Waals surface area (Å²) in [4.78, 5) is 26.1. The molecule has 0 aliphatic carbocycles. The number of nitrogens with one attached hydrogen (secondary N) is 1. The van der Waals surface area contributed by atoms with Crippen molar-refractivity contribution in [1.29, 1.82) is 0 Å². The zero-order valence-electron chi connectivity index (χ0n) is 41.0. The van der Waals surface area contributed by atoms with Gasteiger partial charge in [-0.25, -0.2) is 0 Å². The molecule has 0 saturated carbocycles. The molecular formula is C56H101NO5. The molecule has 0 aromatic carbocycles. The largest absolute Gasteiger partial charge is 0.462 e. The van der Waals surface area contributed by atoms with E-state index in [4.69, 9.17) is 4.74 Å². The molecule has 0 bridgehead atoms. The fourth-order valence-electron chi connectivity index (χ4n) is 7.99. The summed E-state index contributed by atoms with van der Waals surface area (Å²) in [5.74, 6) is -0.554. The predicted molar refractivity (Wildman–Crippen MR) is 268 cm³/mol. The Kier molecular flexibility index (Phi) is 47.6. The number of amides is 1. The van der Waals surface area contributed by atoms with Gasteiger partial charge in [-0.1, -0.05) is 268 Å². The number of rotatable bonds is 47. The molecule has 0 aliphatic rings. The summed E-state index contributed by atoms with van der Waals surface area (Å²) >= 11 is 0. The summed E-state index contributed by atoms with van der Waals surface area (Å²) in [6.45, 7) is 6.34. The van der Waals surface area contributed by atoms with E-state index in [0.717, 1.165) is 51.4 Å². The highest BCUT2D eigenvalue weighted by atomic mass is 16.5. The van der Waals surface area contributed by atoms with Crippen molar-refractivity contribution < 1.29 is 24.5 Å². The maximum absolute atomic E-state index is 13.2. The summed E-state index contributed by atoms with van der Waals surface area (Å²) in [6.07, 6.45) is 61.5. The number of carbonyl (C=O) groups is 2. The van der Waals surface area contributed by atoms with E-state index in [1.165, 1.54) is 154 Å². The van der Waals surface area contributed by atoms with Crippen molar-refractivity contribution in [2.24, 2.45) is 0 Å². The van der Waals surface area contributed by atoms with Gasteiger partial charge >= 0.3 is 5.97 Å². The summed E-state index contributed by atoms with van der Waals surface area (Å²) in [5.41, 5.74) is 0. The van der Waals surface area contributed by atoms with Gasteiger partial charge in [-0.15, -0.1) is 0 Å². The molecule has 0 heterocycles. The monoisotopic (exact) mass is 868 g/mol. The van der Waals surface area contributed by atoms with Crippen molar-refractivity contribution >= 4 is 11.9 Å². The SMILES string of the molecule is CC/C=C/C=C/C=C\C=C/C=C/CCCC(=O)OC(CCCCCCCCCCCCCCCCCCC)CC(=O)NC(CO)C(O)CCCCCCCCCCCCCCC. The van der Waals surface area contributed by atoms with Crippen molar-refractivity contribution in [3.63, 3.8) is 0 Å². The highest BCUT2D eigenvalue weighted by molar-refractivity contribution is 5.77. The van der Waals surface area contributed by atoms with Gasteiger partial charge in [-0.2, -0.15) is 0 Å². The Morgan fingerprint density at radius 2 is 0.855 bits per heavy atom. The van der Waals surface area contributed by atoms with Crippen molar-refractivity contribution in [1.82, 2.24) is 5.32 Å². The van der Waals surface area contributed by atoms with Gasteiger partial charge in [0.15, 0.2) is 0 Å². The third kappa shape index (κ3) is 44.2. The Labute approximate surface area is 384 Å². The molecule has 0 saturated heterocycles. The van der Waals surface area contributed by atoms with Crippen LogP contribution in [0.3, 0.4) is 0 Å². The van der Waals surface area contributed by atoms with E-state index in [0.29, 0.717) is 25.7 Å². The number of aliphatic hydroxyl groups is 2. The van der Waals surface area contributed by atoms with Gasteiger partial charge in [-0.05, 0) is 38.5 Å². The van der Waals surface area contributed by atoms with Gasteiger partial charge in [-0.3, -0.25) is 9.59 Å². The molecule has 6 nitrogen and oxygen atoms in total. The zero-order chi connectivity index (χ0) is 45.2. The lowest BCUT2D eigenvalue weighted by Gasteiger charge is -2.24. The Morgan fingerprint density at radius 3 is 1.26 bits per heavy atom. The first kappa shape index (κ1) is 59.6. The van der Waals surface area contributed by atoms with E-state index in [1.807, 2.05) is 48.6 Å². The van der Waals surface area contributed by atoms with Crippen molar-refractivity contribution in [2.75, 3.05) is 6.61 Å². The molecule has 0 spiro atoms. The summed E-state index contributed by atoms with van der Waals surface area (Å²) < 4.78 is 5.90. The van der Waals surface area contributed by atoms with Crippen LogP contribution >= 0.6 is 0 Å². The van der Waals surface area contributed by atoms with Crippen LogP contribution < -0.4 is 5.32 Å². The highest BCUT2D eigenvalue weighted by Gasteiger charge is 2.24. The summed E-state index contributed by atoms with van der Waals surface area (Å²) in [7, 11) is 0. The minimum atomic E-state index is -0.800. The minimum absolute atomic E-state index is 0.0504. The summed E-state index contributed by atoms with van der Waals surface area (Å²) in [5, 5.41) is 23.8. The first-order valence-electron chi connectivity index (χ1n) is 26.6. The number of unbranched alkanes of at least 4 members (excludes halogenated alkanes) is 29. The number of hydrogen-bond donors (Lipinski definition) is 3. The molecule has 0 aromatic rings. The first-order chi connectivity index (χ1) is 30.5. The van der Waals surface area contributed by atoms with Crippen LogP contribution in [0.5, 0.6) is 0 Å². The second-order valence-corrected chi connectivity index (χ2v) is 18.0. The van der Waals surface area contributed by atoms with E-state index >= 15 is 0 Å². The Morgan fingerprint density at radius 1 is 0.484 bits per heavy atom. The van der Waals surface area contributed by atoms with Gasteiger partial charge in [0.05, 0.1) is 25.2 Å². The van der Waals surface area contributed by atoms with E-state index in [9.17, 15) is 19.8 Å². The van der Waals surface area contributed by atoms with Crippen molar-refractivity contribution in [2.45, 2.75) is 277 Å². The van der Waals surface area contributed by atoms with Crippen molar-refractivity contribution in [3.05, 3.63) is 60.8 Å². The van der Waals surface area contributed by atoms with Crippen LogP contribution in [0.2, 0.25) is 0 Å². The fourth-order valence-corrected chi connectivity index (χ4v) is 7.99. The molecule has 3 atom stereocenters. The molecule has 360 valence electrons. The van der Waals surface area contributed by atoms with Crippen molar-refractivity contribution in [3.8, 4) is 0 Å². The van der Waals surface area contributed by atoms with Crippen LogP contribution in [0.1, 0.15) is 258 Å². The second kappa shape index (κ2) is 49.6. The van der Waals surface area contributed by atoms with E-state index in [1.54, 1.807) is 0 Å². The van der Waals surface area contributed by atoms with E-state index < -0.39 is 18.2 Å². The first-order valence-corrected chi connectivity index (χ1v) is 26.6. The maximum Gasteiger partial charge on any atom is 0.306 e. The Balaban J connectivity index is 4.64.